The third-order valence-electron chi connectivity index (χ3n) is 2.93. The first-order valence-electron chi connectivity index (χ1n) is 5.27. The van der Waals surface area contributed by atoms with Crippen LogP contribution < -0.4 is 4.74 Å². The normalized spacial score (nSPS) is 22.4. The smallest absolute Gasteiger partial charge is 0.318 e. The lowest BCUT2D eigenvalue weighted by atomic mass is 9.75. The van der Waals surface area contributed by atoms with Crippen molar-refractivity contribution in [2.45, 2.75) is 11.8 Å². The van der Waals surface area contributed by atoms with Crippen molar-refractivity contribution in [3.05, 3.63) is 48.3 Å². The summed E-state index contributed by atoms with van der Waals surface area (Å²) in [4.78, 5) is 15.5. The summed E-state index contributed by atoms with van der Waals surface area (Å²) < 4.78 is 5.19. The molecule has 0 saturated heterocycles. The number of rotatable bonds is 3. The summed E-state index contributed by atoms with van der Waals surface area (Å²) in [6, 6.07) is 1.69. The van der Waals surface area contributed by atoms with Gasteiger partial charge in [-0.1, -0.05) is 24.3 Å². The molecule has 0 saturated carbocycles. The van der Waals surface area contributed by atoms with E-state index in [1.165, 1.54) is 13.3 Å². The standard InChI is InChI=1S/C13H13NO3/c1-17-11-9-14-8-5-10(11)13(12(15)16)6-3-2-4-7-13/h2-6,8-9H,7H2,1H3,(H,15,16). The van der Waals surface area contributed by atoms with E-state index in [9.17, 15) is 9.90 Å². The quantitative estimate of drug-likeness (QED) is 0.863. The minimum atomic E-state index is -1.05. The van der Waals surface area contributed by atoms with Gasteiger partial charge in [0.1, 0.15) is 11.2 Å². The van der Waals surface area contributed by atoms with Crippen molar-refractivity contribution in [1.82, 2.24) is 4.98 Å². The number of aromatic nitrogens is 1. The summed E-state index contributed by atoms with van der Waals surface area (Å²) in [6.45, 7) is 0. The molecule has 0 aliphatic heterocycles. The monoisotopic (exact) mass is 231 g/mol. The van der Waals surface area contributed by atoms with Crippen LogP contribution in [0.15, 0.2) is 42.8 Å². The van der Waals surface area contributed by atoms with E-state index in [1.807, 2.05) is 12.2 Å². The first-order valence-corrected chi connectivity index (χ1v) is 5.27. The molecule has 0 aromatic carbocycles. The molecule has 1 unspecified atom stereocenters. The summed E-state index contributed by atoms with van der Waals surface area (Å²) in [6.07, 6.45) is 10.6. The van der Waals surface area contributed by atoms with Gasteiger partial charge in [-0.05, 0) is 12.5 Å². The van der Waals surface area contributed by atoms with Crippen molar-refractivity contribution >= 4 is 5.97 Å². The lowest BCUT2D eigenvalue weighted by Crippen LogP contribution is -2.34. The molecule has 2 rings (SSSR count). The number of carboxylic acids is 1. The number of pyridine rings is 1. The number of methoxy groups -OCH3 is 1. The molecule has 0 bridgehead atoms. The zero-order chi connectivity index (χ0) is 12.3. The molecule has 1 heterocycles. The Hall–Kier alpha value is -2.10. The fraction of sp³-hybridized carbons (Fsp3) is 0.231. The fourth-order valence-corrected chi connectivity index (χ4v) is 2.01. The van der Waals surface area contributed by atoms with E-state index in [-0.39, 0.29) is 0 Å². The van der Waals surface area contributed by atoms with Gasteiger partial charge < -0.3 is 9.84 Å². The van der Waals surface area contributed by atoms with E-state index in [4.69, 9.17) is 4.74 Å². The lowest BCUT2D eigenvalue weighted by molar-refractivity contribution is -0.141. The van der Waals surface area contributed by atoms with Crippen molar-refractivity contribution < 1.29 is 14.6 Å². The van der Waals surface area contributed by atoms with Gasteiger partial charge in [0.05, 0.1) is 13.3 Å². The average Bonchev–Trinajstić information content (AvgIpc) is 2.39. The molecule has 0 fully saturated rings. The van der Waals surface area contributed by atoms with E-state index in [1.54, 1.807) is 24.4 Å². The van der Waals surface area contributed by atoms with Gasteiger partial charge in [-0.25, -0.2) is 0 Å². The highest BCUT2D eigenvalue weighted by molar-refractivity contribution is 5.85. The minimum absolute atomic E-state index is 0.416. The molecule has 4 nitrogen and oxygen atoms in total. The molecule has 0 spiro atoms. The third-order valence-corrected chi connectivity index (χ3v) is 2.93. The molecule has 88 valence electrons. The molecule has 4 heteroatoms. The maximum atomic E-state index is 11.6. The van der Waals surface area contributed by atoms with E-state index in [2.05, 4.69) is 4.98 Å². The van der Waals surface area contributed by atoms with Crippen LogP contribution in [0.5, 0.6) is 5.75 Å². The molecule has 1 aromatic rings. The van der Waals surface area contributed by atoms with Crippen molar-refractivity contribution in [2.24, 2.45) is 0 Å². The molecule has 1 aliphatic carbocycles. The van der Waals surface area contributed by atoms with Crippen LogP contribution in [0.1, 0.15) is 12.0 Å². The molecule has 0 amide bonds. The number of hydrogen-bond acceptors (Lipinski definition) is 3. The summed E-state index contributed by atoms with van der Waals surface area (Å²) >= 11 is 0. The number of nitrogens with zero attached hydrogens (tertiary/aromatic N) is 1. The van der Waals surface area contributed by atoms with Gasteiger partial charge in [0.15, 0.2) is 0 Å². The van der Waals surface area contributed by atoms with Crippen LogP contribution in [-0.4, -0.2) is 23.2 Å². The van der Waals surface area contributed by atoms with Crippen molar-refractivity contribution in [2.75, 3.05) is 7.11 Å². The molecule has 1 atom stereocenters. The fourth-order valence-electron chi connectivity index (χ4n) is 2.01. The highest BCUT2D eigenvalue weighted by Gasteiger charge is 2.39. The number of aliphatic carboxylic acids is 1. The molecule has 0 radical (unpaired) electrons. The van der Waals surface area contributed by atoms with Gasteiger partial charge in [-0.15, -0.1) is 0 Å². The van der Waals surface area contributed by atoms with E-state index in [0.717, 1.165) is 0 Å². The summed E-state index contributed by atoms with van der Waals surface area (Å²) in [5, 5.41) is 9.50. The Balaban J connectivity index is 2.58. The zero-order valence-electron chi connectivity index (χ0n) is 9.46. The Morgan fingerprint density at radius 2 is 2.35 bits per heavy atom. The van der Waals surface area contributed by atoms with Crippen LogP contribution in [0.25, 0.3) is 0 Å². The average molecular weight is 231 g/mol. The predicted octanol–water partition coefficient (Wildman–Crippen LogP) is 1.93. The van der Waals surface area contributed by atoms with Crippen molar-refractivity contribution in [3.63, 3.8) is 0 Å². The summed E-state index contributed by atoms with van der Waals surface area (Å²) in [5.41, 5.74) is -0.425. The van der Waals surface area contributed by atoms with Crippen LogP contribution >= 0.6 is 0 Å². The molecular formula is C13H13NO3. The van der Waals surface area contributed by atoms with Crippen molar-refractivity contribution in [3.8, 4) is 5.75 Å². The van der Waals surface area contributed by atoms with E-state index >= 15 is 0 Å². The summed E-state index contributed by atoms with van der Waals surface area (Å²) in [5.74, 6) is -0.391. The predicted molar refractivity (Wildman–Crippen MR) is 63.0 cm³/mol. The highest BCUT2D eigenvalue weighted by atomic mass is 16.5. The number of allylic oxidation sites excluding steroid dienone is 3. The van der Waals surface area contributed by atoms with E-state index < -0.39 is 11.4 Å². The Bertz CT molecular complexity index is 493. The first-order chi connectivity index (χ1) is 8.20. The molecule has 17 heavy (non-hydrogen) atoms. The van der Waals surface area contributed by atoms with Crippen LogP contribution in [0.2, 0.25) is 0 Å². The van der Waals surface area contributed by atoms with Gasteiger partial charge in [-0.2, -0.15) is 0 Å². The van der Waals surface area contributed by atoms with Gasteiger partial charge in [0.2, 0.25) is 0 Å². The maximum absolute atomic E-state index is 11.6. The topological polar surface area (TPSA) is 59.4 Å². The summed E-state index contributed by atoms with van der Waals surface area (Å²) in [7, 11) is 1.51. The highest BCUT2D eigenvalue weighted by Crippen LogP contribution is 2.37. The van der Waals surface area contributed by atoms with Gasteiger partial charge >= 0.3 is 5.97 Å². The molecular weight excluding hydrogens is 218 g/mol. The Kier molecular flexibility index (Phi) is 2.95. The molecule has 1 aliphatic rings. The van der Waals surface area contributed by atoms with Crippen LogP contribution in [-0.2, 0) is 10.2 Å². The second kappa shape index (κ2) is 4.41. The van der Waals surface area contributed by atoms with Gasteiger partial charge in [0.25, 0.3) is 0 Å². The third kappa shape index (κ3) is 1.82. The largest absolute Gasteiger partial charge is 0.495 e. The number of carbonyl (C=O) groups is 1. The minimum Gasteiger partial charge on any atom is -0.495 e. The molecule has 1 N–H and O–H groups in total. The second-order valence-electron chi connectivity index (χ2n) is 3.84. The van der Waals surface area contributed by atoms with E-state index in [0.29, 0.717) is 17.7 Å². The maximum Gasteiger partial charge on any atom is 0.318 e. The molecule has 1 aromatic heterocycles. The first kappa shape index (κ1) is 11.4. The van der Waals surface area contributed by atoms with Gasteiger partial charge in [0, 0.05) is 11.8 Å². The second-order valence-corrected chi connectivity index (χ2v) is 3.84. The van der Waals surface area contributed by atoms with Crippen LogP contribution in [0.3, 0.4) is 0 Å². The van der Waals surface area contributed by atoms with Crippen LogP contribution in [0, 0.1) is 0 Å². The Morgan fingerprint density at radius 3 is 2.94 bits per heavy atom. The Labute approximate surface area is 99.3 Å². The van der Waals surface area contributed by atoms with Crippen molar-refractivity contribution in [1.29, 1.82) is 0 Å². The zero-order valence-corrected chi connectivity index (χ0v) is 9.46. The van der Waals surface area contributed by atoms with Gasteiger partial charge in [-0.3, -0.25) is 9.78 Å². The SMILES string of the molecule is COc1cnccc1C1(C(=O)O)C=CC=CC1. The Morgan fingerprint density at radius 1 is 1.53 bits per heavy atom. The number of ether oxygens (including phenoxy) is 1. The van der Waals surface area contributed by atoms with Crippen LogP contribution in [0.4, 0.5) is 0 Å². The lowest BCUT2D eigenvalue weighted by Gasteiger charge is -2.28. The number of carboxylic acid groups (broad SMARTS) is 1. The number of hydrogen-bond donors (Lipinski definition) is 1.